The first-order valence-electron chi connectivity index (χ1n) is 6.35. The lowest BCUT2D eigenvalue weighted by Crippen LogP contribution is -2.43. The van der Waals surface area contributed by atoms with Gasteiger partial charge in [-0.05, 0) is 39.2 Å². The van der Waals surface area contributed by atoms with Crippen molar-refractivity contribution in [3.63, 3.8) is 0 Å². The van der Waals surface area contributed by atoms with Crippen LogP contribution in [0.5, 0.6) is 0 Å². The summed E-state index contributed by atoms with van der Waals surface area (Å²) in [5, 5.41) is 8.07. The van der Waals surface area contributed by atoms with Crippen LogP contribution in [0.1, 0.15) is 33.1 Å². The summed E-state index contributed by atoms with van der Waals surface area (Å²) in [5.41, 5.74) is 9.92. The Balaban J connectivity index is 2.44. The average molecular weight is 256 g/mol. The van der Waals surface area contributed by atoms with Crippen molar-refractivity contribution in [2.75, 3.05) is 19.6 Å². The number of carbonyl (C=O) groups is 1. The Bertz CT molecular complexity index is 309. The van der Waals surface area contributed by atoms with E-state index in [0.717, 1.165) is 32.5 Å². The average Bonchev–Trinajstić information content (AvgIpc) is 2.26. The van der Waals surface area contributed by atoms with Crippen molar-refractivity contribution in [3.05, 3.63) is 0 Å². The highest BCUT2D eigenvalue weighted by atomic mass is 16.6. The highest BCUT2D eigenvalue weighted by molar-refractivity contribution is 5.80. The van der Waals surface area contributed by atoms with Gasteiger partial charge in [-0.2, -0.15) is 0 Å². The van der Waals surface area contributed by atoms with Gasteiger partial charge in [0.2, 0.25) is 0 Å². The maximum Gasteiger partial charge on any atom is 0.405 e. The van der Waals surface area contributed by atoms with Crippen molar-refractivity contribution in [1.82, 2.24) is 4.90 Å². The third kappa shape index (κ3) is 4.52. The fourth-order valence-electron chi connectivity index (χ4n) is 2.26. The maximum atomic E-state index is 10.8. The first kappa shape index (κ1) is 14.8. The number of nitrogens with two attached hydrogens (primary N) is 2. The molecule has 1 saturated heterocycles. The first-order chi connectivity index (χ1) is 8.34. The van der Waals surface area contributed by atoms with Crippen LogP contribution in [0.25, 0.3) is 0 Å². The second kappa shape index (κ2) is 6.04. The number of hydrogen-bond acceptors (Lipinski definition) is 4. The van der Waals surface area contributed by atoms with Crippen molar-refractivity contribution in [1.29, 1.82) is 5.41 Å². The van der Waals surface area contributed by atoms with Crippen molar-refractivity contribution in [3.8, 4) is 0 Å². The molecule has 0 unspecified atom stereocenters. The molecule has 1 aliphatic rings. The van der Waals surface area contributed by atoms with E-state index < -0.39 is 11.7 Å². The van der Waals surface area contributed by atoms with Crippen molar-refractivity contribution >= 4 is 11.9 Å². The van der Waals surface area contributed by atoms with E-state index in [1.165, 1.54) is 0 Å². The number of hydrogen-bond donors (Lipinski definition) is 3. The molecule has 0 spiro atoms. The number of piperidine rings is 1. The number of primary amides is 1. The summed E-state index contributed by atoms with van der Waals surface area (Å²) in [4.78, 5) is 12.8. The monoisotopic (exact) mass is 256 g/mol. The van der Waals surface area contributed by atoms with Crippen LogP contribution in [0.2, 0.25) is 0 Å². The minimum Gasteiger partial charge on any atom is -0.443 e. The molecule has 0 bridgehead atoms. The van der Waals surface area contributed by atoms with E-state index in [1.807, 2.05) is 4.90 Å². The SMILES string of the molecule is CC(C)(CC(=N)N1CCC(CN)CC1)OC(N)=O. The number of carbonyl (C=O) groups excluding carboxylic acids is 1. The molecular formula is C12H24N4O2. The molecule has 0 radical (unpaired) electrons. The van der Waals surface area contributed by atoms with Crippen LogP contribution in [0.15, 0.2) is 0 Å². The lowest BCUT2D eigenvalue weighted by Gasteiger charge is -2.35. The number of ether oxygens (including phenoxy) is 1. The summed E-state index contributed by atoms with van der Waals surface area (Å²) in [6.45, 7) is 5.95. The van der Waals surface area contributed by atoms with Gasteiger partial charge in [-0.1, -0.05) is 0 Å². The molecule has 0 aliphatic carbocycles. The predicted molar refractivity (Wildman–Crippen MR) is 70.4 cm³/mol. The fourth-order valence-corrected chi connectivity index (χ4v) is 2.26. The summed E-state index contributed by atoms with van der Waals surface area (Å²) < 4.78 is 4.99. The van der Waals surface area contributed by atoms with Gasteiger partial charge in [0.1, 0.15) is 5.60 Å². The fraction of sp³-hybridized carbons (Fsp3) is 0.833. The van der Waals surface area contributed by atoms with Crippen LogP contribution in [-0.4, -0.2) is 42.1 Å². The zero-order valence-corrected chi connectivity index (χ0v) is 11.2. The molecule has 1 heterocycles. The minimum atomic E-state index is -0.797. The number of likely N-dealkylation sites (tertiary alicyclic amines) is 1. The van der Waals surface area contributed by atoms with Crippen LogP contribution in [0.4, 0.5) is 4.79 Å². The molecule has 1 aliphatic heterocycles. The molecule has 0 atom stereocenters. The van der Waals surface area contributed by atoms with Crippen LogP contribution in [0.3, 0.4) is 0 Å². The highest BCUT2D eigenvalue weighted by Crippen LogP contribution is 2.20. The van der Waals surface area contributed by atoms with Gasteiger partial charge in [-0.3, -0.25) is 5.41 Å². The quantitative estimate of drug-likeness (QED) is 0.513. The molecule has 1 rings (SSSR count). The van der Waals surface area contributed by atoms with Gasteiger partial charge in [0, 0.05) is 19.5 Å². The molecule has 1 fully saturated rings. The van der Waals surface area contributed by atoms with Gasteiger partial charge in [-0.25, -0.2) is 4.79 Å². The Morgan fingerprint density at radius 1 is 1.44 bits per heavy atom. The molecular weight excluding hydrogens is 232 g/mol. The lowest BCUT2D eigenvalue weighted by molar-refractivity contribution is 0.0485. The van der Waals surface area contributed by atoms with E-state index in [-0.39, 0.29) is 0 Å². The summed E-state index contributed by atoms with van der Waals surface area (Å²) in [6.07, 6.45) is 1.63. The zero-order valence-electron chi connectivity index (χ0n) is 11.2. The lowest BCUT2D eigenvalue weighted by atomic mass is 9.95. The van der Waals surface area contributed by atoms with E-state index in [4.69, 9.17) is 21.6 Å². The molecule has 0 aromatic carbocycles. The molecule has 5 N–H and O–H groups in total. The Hall–Kier alpha value is -1.30. The van der Waals surface area contributed by atoms with Crippen molar-refractivity contribution in [2.45, 2.75) is 38.7 Å². The van der Waals surface area contributed by atoms with E-state index in [1.54, 1.807) is 13.8 Å². The normalized spacial score (nSPS) is 17.6. The minimum absolute atomic E-state index is 0.378. The Labute approximate surface area is 108 Å². The summed E-state index contributed by atoms with van der Waals surface area (Å²) in [5.74, 6) is 1.07. The largest absolute Gasteiger partial charge is 0.443 e. The van der Waals surface area contributed by atoms with Crippen molar-refractivity contribution in [2.24, 2.45) is 17.4 Å². The summed E-state index contributed by atoms with van der Waals surface area (Å²) in [7, 11) is 0. The summed E-state index contributed by atoms with van der Waals surface area (Å²) in [6, 6.07) is 0. The van der Waals surface area contributed by atoms with Gasteiger partial charge in [0.05, 0.1) is 5.84 Å². The summed E-state index contributed by atoms with van der Waals surface area (Å²) >= 11 is 0. The number of amides is 1. The van der Waals surface area contributed by atoms with Crippen LogP contribution in [0, 0.1) is 11.3 Å². The molecule has 0 aromatic heterocycles. The molecule has 6 nitrogen and oxygen atoms in total. The molecule has 0 aromatic rings. The van der Waals surface area contributed by atoms with Gasteiger partial charge in [0.25, 0.3) is 0 Å². The van der Waals surface area contributed by atoms with Crippen LogP contribution >= 0.6 is 0 Å². The Kier molecular flexibility index (Phi) is 4.95. The first-order valence-corrected chi connectivity index (χ1v) is 6.35. The third-order valence-corrected chi connectivity index (χ3v) is 3.30. The molecule has 104 valence electrons. The van der Waals surface area contributed by atoms with Gasteiger partial charge in [0.15, 0.2) is 0 Å². The van der Waals surface area contributed by atoms with E-state index in [9.17, 15) is 4.79 Å². The molecule has 1 amide bonds. The number of nitrogens with one attached hydrogen (secondary N) is 1. The maximum absolute atomic E-state index is 10.8. The van der Waals surface area contributed by atoms with E-state index in [2.05, 4.69) is 0 Å². The second-order valence-electron chi connectivity index (χ2n) is 5.47. The van der Waals surface area contributed by atoms with Crippen molar-refractivity contribution < 1.29 is 9.53 Å². The van der Waals surface area contributed by atoms with Crippen LogP contribution in [-0.2, 0) is 4.74 Å². The zero-order chi connectivity index (χ0) is 13.8. The predicted octanol–water partition coefficient (Wildman–Crippen LogP) is 0.898. The smallest absolute Gasteiger partial charge is 0.405 e. The number of rotatable bonds is 4. The Morgan fingerprint density at radius 3 is 2.44 bits per heavy atom. The second-order valence-corrected chi connectivity index (χ2v) is 5.47. The van der Waals surface area contributed by atoms with Gasteiger partial charge < -0.3 is 21.1 Å². The number of amidine groups is 1. The topological polar surface area (TPSA) is 105 Å². The molecule has 18 heavy (non-hydrogen) atoms. The molecule has 0 saturated carbocycles. The van der Waals surface area contributed by atoms with Crippen LogP contribution < -0.4 is 11.5 Å². The third-order valence-electron chi connectivity index (χ3n) is 3.30. The Morgan fingerprint density at radius 2 is 2.00 bits per heavy atom. The van der Waals surface area contributed by atoms with E-state index in [0.29, 0.717) is 18.2 Å². The highest BCUT2D eigenvalue weighted by Gasteiger charge is 2.27. The van der Waals surface area contributed by atoms with Gasteiger partial charge >= 0.3 is 6.09 Å². The van der Waals surface area contributed by atoms with Gasteiger partial charge in [-0.15, -0.1) is 0 Å². The molecule has 6 heteroatoms. The number of nitrogens with zero attached hydrogens (tertiary/aromatic N) is 1. The van der Waals surface area contributed by atoms with E-state index >= 15 is 0 Å². The standard InChI is InChI=1S/C12H24N4O2/c1-12(2,18-11(15)17)7-10(14)16-5-3-9(8-13)4-6-16/h9,14H,3-8,13H2,1-2H3,(H2,15,17).